The number of hydrogen-bond donors (Lipinski definition) is 2. The summed E-state index contributed by atoms with van der Waals surface area (Å²) in [5.41, 5.74) is 8.54. The summed E-state index contributed by atoms with van der Waals surface area (Å²) in [6, 6.07) is 7.55. The molecule has 1 saturated carbocycles. The Kier molecular flexibility index (Phi) is 11.9. The number of carbonyl (C=O) groups is 2. The molecule has 3 rings (SSSR count). The van der Waals surface area contributed by atoms with Gasteiger partial charge in [0.15, 0.2) is 11.5 Å². The third kappa shape index (κ3) is 10.4. The highest BCUT2D eigenvalue weighted by molar-refractivity contribution is 5.66. The lowest BCUT2D eigenvalue weighted by atomic mass is 9.96. The number of ether oxygens (including phenoxy) is 3. The molecular formula is C31H44N2O6. The molecule has 1 aliphatic carbocycles. The molecule has 0 aliphatic heterocycles. The van der Waals surface area contributed by atoms with Crippen LogP contribution in [0.25, 0.3) is 0 Å². The molecular weight excluding hydrogens is 496 g/mol. The third-order valence-corrected chi connectivity index (χ3v) is 7.13. The largest absolute Gasteiger partial charge is 0.504 e. The van der Waals surface area contributed by atoms with Crippen molar-refractivity contribution in [3.8, 4) is 11.5 Å². The average molecular weight is 541 g/mol. The van der Waals surface area contributed by atoms with Crippen LogP contribution < -0.4 is 10.5 Å². The van der Waals surface area contributed by atoms with Crippen molar-refractivity contribution < 1.29 is 28.9 Å². The van der Waals surface area contributed by atoms with Crippen LogP contribution in [0.2, 0.25) is 0 Å². The summed E-state index contributed by atoms with van der Waals surface area (Å²) >= 11 is 0. The number of pyridine rings is 1. The number of benzene rings is 1. The minimum absolute atomic E-state index is 0.0944. The van der Waals surface area contributed by atoms with E-state index in [1.54, 1.807) is 12.3 Å². The van der Waals surface area contributed by atoms with E-state index >= 15 is 0 Å². The van der Waals surface area contributed by atoms with Crippen LogP contribution in [-0.2, 0) is 31.9 Å². The number of aryl methyl sites for hydroxylation is 1. The first-order chi connectivity index (χ1) is 18.7. The van der Waals surface area contributed by atoms with Gasteiger partial charge in [0, 0.05) is 38.4 Å². The second-order valence-corrected chi connectivity index (χ2v) is 10.6. The normalized spacial score (nSPS) is 15.1. The molecule has 0 saturated heterocycles. The number of phenols is 1. The van der Waals surface area contributed by atoms with E-state index in [9.17, 15) is 14.7 Å². The Morgan fingerprint density at radius 1 is 1.03 bits per heavy atom. The quantitative estimate of drug-likeness (QED) is 0.207. The first-order valence-corrected chi connectivity index (χ1v) is 14.3. The van der Waals surface area contributed by atoms with Gasteiger partial charge in [-0.3, -0.25) is 9.59 Å². The van der Waals surface area contributed by atoms with Crippen molar-refractivity contribution in [3.63, 3.8) is 0 Å². The average Bonchev–Trinajstić information content (AvgIpc) is 3.38. The molecule has 0 radical (unpaired) electrons. The number of carbonyl (C=O) groups excluding carboxylic acids is 2. The van der Waals surface area contributed by atoms with Gasteiger partial charge in [-0.2, -0.15) is 0 Å². The maximum absolute atomic E-state index is 11.9. The first kappa shape index (κ1) is 30.3. The fourth-order valence-corrected chi connectivity index (χ4v) is 5.27. The van der Waals surface area contributed by atoms with E-state index < -0.39 is 6.10 Å². The Hall–Kier alpha value is -3.29. The smallest absolute Gasteiger partial charge is 0.302 e. The number of anilines is 1. The van der Waals surface area contributed by atoms with Crippen molar-refractivity contribution >= 4 is 17.8 Å². The summed E-state index contributed by atoms with van der Waals surface area (Å²) in [6.45, 7) is 4.94. The Balaban J connectivity index is 1.80. The summed E-state index contributed by atoms with van der Waals surface area (Å²) in [4.78, 5) is 27.7. The number of nitrogens with two attached hydrogens (primary N) is 1. The van der Waals surface area contributed by atoms with Gasteiger partial charge in [-0.25, -0.2) is 4.98 Å². The van der Waals surface area contributed by atoms with Crippen LogP contribution >= 0.6 is 0 Å². The zero-order valence-electron chi connectivity index (χ0n) is 23.6. The minimum Gasteiger partial charge on any atom is -0.504 e. The van der Waals surface area contributed by atoms with Gasteiger partial charge in [0.2, 0.25) is 0 Å². The van der Waals surface area contributed by atoms with Gasteiger partial charge in [-0.05, 0) is 80.7 Å². The Morgan fingerprint density at radius 3 is 2.36 bits per heavy atom. The third-order valence-electron chi connectivity index (χ3n) is 7.13. The number of hydrogen-bond acceptors (Lipinski definition) is 8. The van der Waals surface area contributed by atoms with E-state index in [2.05, 4.69) is 11.9 Å². The van der Waals surface area contributed by atoms with Gasteiger partial charge < -0.3 is 25.1 Å². The van der Waals surface area contributed by atoms with Crippen LogP contribution in [0.4, 0.5) is 5.82 Å². The molecule has 1 heterocycles. The van der Waals surface area contributed by atoms with E-state index in [0.29, 0.717) is 37.3 Å². The molecule has 1 aliphatic rings. The molecule has 3 N–H and O–H groups in total. The highest BCUT2D eigenvalue weighted by Gasteiger charge is 2.23. The number of phenolic OH excluding ortho intramolecular Hbond substituents is 1. The number of aromatic hydroxyl groups is 1. The summed E-state index contributed by atoms with van der Waals surface area (Å²) in [5, 5.41) is 11.1. The molecule has 1 aromatic heterocycles. The van der Waals surface area contributed by atoms with Crippen molar-refractivity contribution in [1.29, 1.82) is 0 Å². The summed E-state index contributed by atoms with van der Waals surface area (Å²) < 4.78 is 17.5. The molecule has 214 valence electrons. The van der Waals surface area contributed by atoms with E-state index in [1.165, 1.54) is 13.8 Å². The van der Waals surface area contributed by atoms with Crippen LogP contribution in [0.15, 0.2) is 30.5 Å². The van der Waals surface area contributed by atoms with E-state index in [0.717, 1.165) is 68.1 Å². The molecule has 8 heteroatoms. The molecule has 0 bridgehead atoms. The molecule has 1 aromatic carbocycles. The van der Waals surface area contributed by atoms with Crippen LogP contribution in [0.1, 0.15) is 102 Å². The topological polar surface area (TPSA) is 121 Å². The molecule has 39 heavy (non-hydrogen) atoms. The minimum atomic E-state index is -0.398. The SMILES string of the molecule is CCCCC[C@@H](C[C@@H](CCc1cc(Cc2ccnc(N)c2)c(O)c(OC2CCCC2)c1)OC(C)=O)OC(C)=O. The summed E-state index contributed by atoms with van der Waals surface area (Å²) in [7, 11) is 0. The Bertz CT molecular complexity index is 1080. The maximum atomic E-state index is 11.9. The lowest BCUT2D eigenvalue weighted by Gasteiger charge is -2.24. The van der Waals surface area contributed by atoms with Gasteiger partial charge in [0.1, 0.15) is 18.0 Å². The van der Waals surface area contributed by atoms with Gasteiger partial charge in [0.05, 0.1) is 6.10 Å². The fraction of sp³-hybridized carbons (Fsp3) is 0.581. The molecule has 2 atom stereocenters. The standard InChI is InChI=1S/C31H44N2O6/c1-4-5-6-11-27(37-21(2)34)20-28(38-22(3)35)13-12-23-16-25(17-24-14-15-33-30(32)19-24)31(36)29(18-23)39-26-9-7-8-10-26/h14-16,18-19,26-28,36H,4-13,17,20H2,1-3H3,(H2,32,33)/t27-,28+/m0/s1. The number of nitrogen functional groups attached to an aromatic ring is 1. The molecule has 1 fully saturated rings. The summed E-state index contributed by atoms with van der Waals surface area (Å²) in [5.74, 6) is 0.367. The van der Waals surface area contributed by atoms with Gasteiger partial charge in [-0.1, -0.05) is 25.8 Å². The van der Waals surface area contributed by atoms with E-state index in [-0.39, 0.29) is 29.9 Å². The second kappa shape index (κ2) is 15.3. The van der Waals surface area contributed by atoms with Crippen LogP contribution in [-0.4, -0.2) is 40.3 Å². The molecule has 0 spiro atoms. The lowest BCUT2D eigenvalue weighted by molar-refractivity contribution is -0.153. The van der Waals surface area contributed by atoms with Crippen LogP contribution in [0, 0.1) is 0 Å². The van der Waals surface area contributed by atoms with Crippen molar-refractivity contribution in [3.05, 3.63) is 47.2 Å². The number of rotatable bonds is 15. The van der Waals surface area contributed by atoms with Crippen LogP contribution in [0.5, 0.6) is 11.5 Å². The van der Waals surface area contributed by atoms with E-state index in [1.807, 2.05) is 18.2 Å². The van der Waals surface area contributed by atoms with Crippen LogP contribution in [0.3, 0.4) is 0 Å². The zero-order valence-corrected chi connectivity index (χ0v) is 23.6. The lowest BCUT2D eigenvalue weighted by Crippen LogP contribution is -2.27. The molecule has 0 amide bonds. The van der Waals surface area contributed by atoms with Gasteiger partial charge in [-0.15, -0.1) is 0 Å². The number of nitrogens with zero attached hydrogens (tertiary/aromatic N) is 1. The highest BCUT2D eigenvalue weighted by Crippen LogP contribution is 2.37. The van der Waals surface area contributed by atoms with Crippen molar-refractivity contribution in [2.45, 2.75) is 116 Å². The molecule has 2 aromatic rings. The van der Waals surface area contributed by atoms with Crippen molar-refractivity contribution in [2.75, 3.05) is 5.73 Å². The predicted octanol–water partition coefficient (Wildman–Crippen LogP) is 6.05. The second-order valence-electron chi connectivity index (χ2n) is 10.6. The fourth-order valence-electron chi connectivity index (χ4n) is 5.27. The predicted molar refractivity (Wildman–Crippen MR) is 151 cm³/mol. The molecule has 0 unspecified atom stereocenters. The Labute approximate surface area is 232 Å². The monoisotopic (exact) mass is 540 g/mol. The first-order valence-electron chi connectivity index (χ1n) is 14.3. The van der Waals surface area contributed by atoms with E-state index in [4.69, 9.17) is 19.9 Å². The number of unbranched alkanes of at least 4 members (excludes halogenated alkanes) is 2. The Morgan fingerprint density at radius 2 is 1.72 bits per heavy atom. The highest BCUT2D eigenvalue weighted by atomic mass is 16.6. The maximum Gasteiger partial charge on any atom is 0.302 e. The van der Waals surface area contributed by atoms with Crippen molar-refractivity contribution in [2.24, 2.45) is 0 Å². The zero-order chi connectivity index (χ0) is 28.2. The van der Waals surface area contributed by atoms with Gasteiger partial charge >= 0.3 is 11.9 Å². The van der Waals surface area contributed by atoms with Crippen molar-refractivity contribution in [1.82, 2.24) is 4.98 Å². The number of aromatic nitrogens is 1. The number of esters is 2. The van der Waals surface area contributed by atoms with Gasteiger partial charge in [0.25, 0.3) is 0 Å². The summed E-state index contributed by atoms with van der Waals surface area (Å²) in [6.07, 6.45) is 11.2. The molecule has 8 nitrogen and oxygen atoms in total.